The summed E-state index contributed by atoms with van der Waals surface area (Å²) in [6.45, 7) is 0. The van der Waals surface area contributed by atoms with Gasteiger partial charge in [-0.1, -0.05) is 0 Å². The summed E-state index contributed by atoms with van der Waals surface area (Å²) in [5, 5.41) is 8.92. The van der Waals surface area contributed by atoms with Gasteiger partial charge in [0.05, 0.1) is 5.92 Å². The summed E-state index contributed by atoms with van der Waals surface area (Å²) in [6.07, 6.45) is 7.26. The standard InChI is InChI=1S/C10H11NO3/c1-2-9(12)11-6-3-4-8(11)7(5-6)10(13)14/h1,6-8H,3-5H2,(H,13,14). The van der Waals surface area contributed by atoms with Crippen LogP contribution in [0.15, 0.2) is 0 Å². The Hall–Kier alpha value is -1.50. The molecule has 0 aromatic carbocycles. The minimum absolute atomic E-state index is 0.0599. The van der Waals surface area contributed by atoms with E-state index in [1.165, 1.54) is 0 Å². The molecule has 3 atom stereocenters. The molecule has 4 nitrogen and oxygen atoms in total. The second kappa shape index (κ2) is 3.02. The third kappa shape index (κ3) is 1.09. The topological polar surface area (TPSA) is 57.6 Å². The normalized spacial score (nSPS) is 34.2. The van der Waals surface area contributed by atoms with Gasteiger partial charge in [0.15, 0.2) is 0 Å². The summed E-state index contributed by atoms with van der Waals surface area (Å²) in [6, 6.07) is -0.106. The van der Waals surface area contributed by atoms with Crippen LogP contribution in [-0.2, 0) is 9.59 Å². The maximum atomic E-state index is 11.3. The Morgan fingerprint density at radius 2 is 2.14 bits per heavy atom. The summed E-state index contributed by atoms with van der Waals surface area (Å²) < 4.78 is 0. The first kappa shape index (κ1) is 9.07. The van der Waals surface area contributed by atoms with Crippen molar-refractivity contribution in [3.05, 3.63) is 0 Å². The second-order valence-electron chi connectivity index (χ2n) is 3.84. The molecule has 2 rings (SSSR count). The van der Waals surface area contributed by atoms with E-state index >= 15 is 0 Å². The first-order valence-electron chi connectivity index (χ1n) is 4.67. The fraction of sp³-hybridized carbons (Fsp3) is 0.600. The molecule has 0 aliphatic carbocycles. The van der Waals surface area contributed by atoms with Gasteiger partial charge in [0.25, 0.3) is 5.91 Å². The monoisotopic (exact) mass is 193 g/mol. The highest BCUT2D eigenvalue weighted by molar-refractivity contribution is 5.94. The van der Waals surface area contributed by atoms with Gasteiger partial charge in [-0.3, -0.25) is 9.59 Å². The zero-order chi connectivity index (χ0) is 10.3. The van der Waals surface area contributed by atoms with Crippen molar-refractivity contribution in [3.63, 3.8) is 0 Å². The smallest absolute Gasteiger partial charge is 0.308 e. The molecule has 2 aliphatic heterocycles. The van der Waals surface area contributed by atoms with E-state index in [2.05, 4.69) is 5.92 Å². The van der Waals surface area contributed by atoms with Gasteiger partial charge in [-0.25, -0.2) is 0 Å². The van der Waals surface area contributed by atoms with Crippen molar-refractivity contribution in [2.45, 2.75) is 31.3 Å². The number of hydrogen-bond acceptors (Lipinski definition) is 2. The molecule has 2 saturated heterocycles. The molecule has 0 spiro atoms. The minimum Gasteiger partial charge on any atom is -0.481 e. The molecule has 1 amide bonds. The zero-order valence-electron chi connectivity index (χ0n) is 7.64. The summed E-state index contributed by atoms with van der Waals surface area (Å²) in [7, 11) is 0. The number of fused-ring (bicyclic) bond motifs is 2. The summed E-state index contributed by atoms with van der Waals surface area (Å²) in [4.78, 5) is 23.8. The van der Waals surface area contributed by atoms with Crippen molar-refractivity contribution in [3.8, 4) is 12.3 Å². The molecule has 0 saturated carbocycles. The molecule has 3 unspecified atom stereocenters. The quantitative estimate of drug-likeness (QED) is 0.600. The fourth-order valence-corrected chi connectivity index (χ4v) is 2.65. The molecule has 1 N–H and O–H groups in total. The van der Waals surface area contributed by atoms with Crippen LogP contribution >= 0.6 is 0 Å². The van der Waals surface area contributed by atoms with E-state index in [0.29, 0.717) is 6.42 Å². The molecule has 4 heteroatoms. The van der Waals surface area contributed by atoms with E-state index in [0.717, 1.165) is 12.8 Å². The van der Waals surface area contributed by atoms with Crippen molar-refractivity contribution < 1.29 is 14.7 Å². The zero-order valence-corrected chi connectivity index (χ0v) is 7.64. The van der Waals surface area contributed by atoms with Crippen LogP contribution in [0.3, 0.4) is 0 Å². The molecule has 14 heavy (non-hydrogen) atoms. The van der Waals surface area contributed by atoms with E-state index in [-0.39, 0.29) is 18.0 Å². The van der Waals surface area contributed by atoms with Gasteiger partial charge in [0.2, 0.25) is 0 Å². The van der Waals surface area contributed by atoms with Crippen LogP contribution < -0.4 is 0 Å². The number of terminal acetylenes is 1. The van der Waals surface area contributed by atoms with E-state index in [1.807, 2.05) is 0 Å². The van der Waals surface area contributed by atoms with E-state index in [9.17, 15) is 9.59 Å². The number of carboxylic acid groups (broad SMARTS) is 1. The third-order valence-corrected chi connectivity index (χ3v) is 3.21. The van der Waals surface area contributed by atoms with E-state index in [4.69, 9.17) is 11.5 Å². The Bertz CT molecular complexity index is 331. The number of hydrogen-bond donors (Lipinski definition) is 1. The lowest BCUT2D eigenvalue weighted by Crippen LogP contribution is -2.36. The summed E-state index contributed by atoms with van der Waals surface area (Å²) >= 11 is 0. The molecule has 0 aromatic rings. The van der Waals surface area contributed by atoms with Gasteiger partial charge in [0, 0.05) is 12.1 Å². The largest absolute Gasteiger partial charge is 0.481 e. The van der Waals surface area contributed by atoms with Crippen LogP contribution in [0.2, 0.25) is 0 Å². The molecule has 2 heterocycles. The van der Waals surface area contributed by atoms with Gasteiger partial charge in [-0.15, -0.1) is 6.42 Å². The Kier molecular flexibility index (Phi) is 1.95. The molecule has 2 bridgehead atoms. The van der Waals surface area contributed by atoms with Gasteiger partial charge < -0.3 is 10.0 Å². The number of amides is 1. The predicted octanol–water partition coefficient (Wildman–Crippen LogP) is 0.0837. The molecular formula is C10H11NO3. The average Bonchev–Trinajstić information content (AvgIpc) is 2.73. The maximum absolute atomic E-state index is 11.3. The van der Waals surface area contributed by atoms with Crippen molar-refractivity contribution in [1.82, 2.24) is 4.90 Å². The van der Waals surface area contributed by atoms with Crippen molar-refractivity contribution in [2.75, 3.05) is 0 Å². The Labute approximate surface area is 81.9 Å². The number of nitrogens with zero attached hydrogens (tertiary/aromatic N) is 1. The predicted molar refractivity (Wildman–Crippen MR) is 48.2 cm³/mol. The lowest BCUT2D eigenvalue weighted by molar-refractivity contribution is -0.142. The van der Waals surface area contributed by atoms with Crippen LogP contribution in [0.1, 0.15) is 19.3 Å². The number of aliphatic carboxylic acids is 1. The van der Waals surface area contributed by atoms with Gasteiger partial charge in [-0.2, -0.15) is 0 Å². The van der Waals surface area contributed by atoms with Crippen molar-refractivity contribution in [1.29, 1.82) is 0 Å². The van der Waals surface area contributed by atoms with Crippen molar-refractivity contribution >= 4 is 11.9 Å². The van der Waals surface area contributed by atoms with Gasteiger partial charge in [0.1, 0.15) is 0 Å². The maximum Gasteiger partial charge on any atom is 0.308 e. The first-order valence-corrected chi connectivity index (χ1v) is 4.67. The van der Waals surface area contributed by atoms with Crippen molar-refractivity contribution in [2.24, 2.45) is 5.92 Å². The number of carbonyl (C=O) groups is 2. The highest BCUT2D eigenvalue weighted by Crippen LogP contribution is 2.41. The lowest BCUT2D eigenvalue weighted by atomic mass is 9.89. The van der Waals surface area contributed by atoms with Gasteiger partial charge in [-0.05, 0) is 25.2 Å². The average molecular weight is 193 g/mol. The van der Waals surface area contributed by atoms with Crippen LogP contribution in [0.25, 0.3) is 0 Å². The van der Waals surface area contributed by atoms with Gasteiger partial charge >= 0.3 is 5.97 Å². The number of rotatable bonds is 1. The summed E-state index contributed by atoms with van der Waals surface area (Å²) in [5.41, 5.74) is 0. The minimum atomic E-state index is -0.813. The lowest BCUT2D eigenvalue weighted by Gasteiger charge is -2.19. The summed E-state index contributed by atoms with van der Waals surface area (Å²) in [5.74, 6) is 0.477. The number of carbonyl (C=O) groups excluding carboxylic acids is 1. The highest BCUT2D eigenvalue weighted by atomic mass is 16.4. The molecular weight excluding hydrogens is 182 g/mol. The SMILES string of the molecule is C#CC(=O)N1C2CCC1C(C(=O)O)C2. The molecule has 0 radical (unpaired) electrons. The Morgan fingerprint density at radius 1 is 1.43 bits per heavy atom. The van der Waals surface area contributed by atoms with Crippen LogP contribution in [0, 0.1) is 18.3 Å². The first-order chi connectivity index (χ1) is 6.65. The molecule has 74 valence electrons. The Balaban J connectivity index is 2.21. The van der Waals surface area contributed by atoms with Crippen LogP contribution in [0.4, 0.5) is 0 Å². The molecule has 2 fully saturated rings. The molecule has 2 aliphatic rings. The highest BCUT2D eigenvalue weighted by Gasteiger charge is 2.50. The number of carboxylic acids is 1. The fourth-order valence-electron chi connectivity index (χ4n) is 2.65. The van der Waals surface area contributed by atoms with E-state index < -0.39 is 11.9 Å². The van der Waals surface area contributed by atoms with E-state index in [1.54, 1.807) is 4.90 Å². The van der Waals surface area contributed by atoms with Crippen LogP contribution in [-0.4, -0.2) is 34.0 Å². The second-order valence-corrected chi connectivity index (χ2v) is 3.84. The van der Waals surface area contributed by atoms with Crippen LogP contribution in [0.5, 0.6) is 0 Å². The Morgan fingerprint density at radius 3 is 2.64 bits per heavy atom. The molecule has 0 aromatic heterocycles. The third-order valence-electron chi connectivity index (χ3n) is 3.21.